The van der Waals surface area contributed by atoms with E-state index in [4.69, 9.17) is 16.3 Å². The topological polar surface area (TPSA) is 86.1 Å². The van der Waals surface area contributed by atoms with Gasteiger partial charge in [0.1, 0.15) is 18.1 Å². The summed E-state index contributed by atoms with van der Waals surface area (Å²) in [7, 11) is 1.33. The lowest BCUT2D eigenvalue weighted by Gasteiger charge is -2.27. The second-order valence-electron chi connectivity index (χ2n) is 6.41. The van der Waals surface area contributed by atoms with E-state index >= 15 is 0 Å². The molecule has 0 radical (unpaired) electrons. The van der Waals surface area contributed by atoms with Crippen LogP contribution < -0.4 is 5.32 Å². The lowest BCUT2D eigenvalue weighted by molar-refractivity contribution is -0.146. The molecule has 0 fully saturated rings. The number of hydrogen-bond donors (Lipinski definition) is 1. The maximum atomic E-state index is 12.7. The van der Waals surface area contributed by atoms with Crippen LogP contribution in [0.5, 0.6) is 0 Å². The van der Waals surface area contributed by atoms with Gasteiger partial charge in [0.15, 0.2) is 0 Å². The van der Waals surface area contributed by atoms with Crippen LogP contribution in [-0.2, 0) is 14.9 Å². The van der Waals surface area contributed by atoms with E-state index in [9.17, 15) is 9.59 Å². The molecule has 1 aromatic heterocycles. The van der Waals surface area contributed by atoms with Crippen molar-refractivity contribution in [2.24, 2.45) is 0 Å². The highest BCUT2D eigenvalue weighted by Gasteiger charge is 2.37. The maximum absolute atomic E-state index is 12.7. The maximum Gasteiger partial charge on any atom is 0.317 e. The predicted molar refractivity (Wildman–Crippen MR) is 105 cm³/mol. The summed E-state index contributed by atoms with van der Waals surface area (Å²) in [5.74, 6) is -0.820. The molecular weight excluding hydrogens is 380 g/mol. The number of carbonyl (C=O) groups excluding carboxylic acids is 2. The van der Waals surface area contributed by atoms with Gasteiger partial charge in [0.05, 0.1) is 17.7 Å². The van der Waals surface area contributed by atoms with E-state index in [0.717, 1.165) is 11.3 Å². The predicted octanol–water partition coefficient (Wildman–Crippen LogP) is 2.78. The quantitative estimate of drug-likeness (QED) is 0.645. The SMILES string of the molecule is COC(=O)C(C)(CNC(=O)c1ccc(-n2cnnc2)cc1Cl)c1ccccc1. The third-order valence-corrected chi connectivity index (χ3v) is 4.88. The summed E-state index contributed by atoms with van der Waals surface area (Å²) in [6, 6.07) is 14.2. The number of ether oxygens (including phenoxy) is 1. The molecule has 1 amide bonds. The molecule has 0 bridgehead atoms. The third-order valence-electron chi connectivity index (χ3n) is 4.56. The Morgan fingerprint density at radius 1 is 1.14 bits per heavy atom. The summed E-state index contributed by atoms with van der Waals surface area (Å²) in [6.45, 7) is 1.79. The molecule has 3 aromatic rings. The van der Waals surface area contributed by atoms with Crippen LogP contribution in [0.4, 0.5) is 0 Å². The first-order valence-corrected chi connectivity index (χ1v) is 8.90. The van der Waals surface area contributed by atoms with Crippen molar-refractivity contribution >= 4 is 23.5 Å². The molecule has 1 heterocycles. The minimum atomic E-state index is -1.03. The molecule has 1 N–H and O–H groups in total. The van der Waals surface area contributed by atoms with Crippen molar-refractivity contribution in [3.05, 3.63) is 77.3 Å². The number of nitrogens with zero attached hydrogens (tertiary/aromatic N) is 3. The zero-order valence-corrected chi connectivity index (χ0v) is 16.2. The summed E-state index contributed by atoms with van der Waals surface area (Å²) >= 11 is 6.29. The van der Waals surface area contributed by atoms with Gasteiger partial charge in [-0.15, -0.1) is 10.2 Å². The first kappa shape index (κ1) is 19.6. The highest BCUT2D eigenvalue weighted by atomic mass is 35.5. The van der Waals surface area contributed by atoms with Gasteiger partial charge in [0.25, 0.3) is 5.91 Å². The van der Waals surface area contributed by atoms with Crippen molar-refractivity contribution in [3.8, 4) is 5.69 Å². The van der Waals surface area contributed by atoms with Crippen molar-refractivity contribution in [2.45, 2.75) is 12.3 Å². The van der Waals surface area contributed by atoms with Crippen LogP contribution in [0.15, 0.2) is 61.2 Å². The number of aromatic nitrogens is 3. The molecular formula is C20H19ClN4O3. The van der Waals surface area contributed by atoms with Crippen LogP contribution in [0.3, 0.4) is 0 Å². The molecule has 7 nitrogen and oxygen atoms in total. The number of benzene rings is 2. The van der Waals surface area contributed by atoms with E-state index in [1.165, 1.54) is 19.8 Å². The summed E-state index contributed by atoms with van der Waals surface area (Å²) in [6.07, 6.45) is 3.07. The lowest BCUT2D eigenvalue weighted by atomic mass is 9.82. The normalized spacial score (nSPS) is 12.8. The van der Waals surface area contributed by atoms with Crippen LogP contribution in [-0.4, -0.2) is 40.3 Å². The summed E-state index contributed by atoms with van der Waals surface area (Å²) in [5, 5.41) is 10.6. The van der Waals surface area contributed by atoms with Gasteiger partial charge in [-0.2, -0.15) is 0 Å². The fourth-order valence-electron chi connectivity index (χ4n) is 2.86. The Bertz CT molecular complexity index is 976. The van der Waals surface area contributed by atoms with Crippen LogP contribution >= 0.6 is 11.6 Å². The number of halogens is 1. The number of hydrogen-bond acceptors (Lipinski definition) is 5. The molecule has 1 atom stereocenters. The number of rotatable bonds is 6. The van der Waals surface area contributed by atoms with Gasteiger partial charge in [0, 0.05) is 12.2 Å². The van der Waals surface area contributed by atoms with Gasteiger partial charge >= 0.3 is 5.97 Å². The molecule has 3 rings (SSSR count). The van der Waals surface area contributed by atoms with Crippen molar-refractivity contribution in [2.75, 3.05) is 13.7 Å². The van der Waals surface area contributed by atoms with Gasteiger partial charge in [-0.1, -0.05) is 41.9 Å². The highest BCUT2D eigenvalue weighted by Crippen LogP contribution is 2.25. The molecule has 0 saturated heterocycles. The average Bonchev–Trinajstić information content (AvgIpc) is 3.26. The van der Waals surface area contributed by atoms with Crippen molar-refractivity contribution in [1.82, 2.24) is 20.1 Å². The molecule has 144 valence electrons. The largest absolute Gasteiger partial charge is 0.468 e. The summed E-state index contributed by atoms with van der Waals surface area (Å²) in [5.41, 5.74) is 0.755. The molecule has 8 heteroatoms. The van der Waals surface area contributed by atoms with Gasteiger partial charge in [-0.05, 0) is 30.7 Å². The number of esters is 1. The second kappa shape index (κ2) is 8.22. The standard InChI is InChI=1S/C20H19ClN4O3/c1-20(19(27)28-2,14-6-4-3-5-7-14)11-22-18(26)16-9-8-15(10-17(16)21)25-12-23-24-13-25/h3-10,12-13H,11H2,1-2H3,(H,22,26). The summed E-state index contributed by atoms with van der Waals surface area (Å²) < 4.78 is 6.64. The van der Waals surface area contributed by atoms with Crippen LogP contribution in [0.1, 0.15) is 22.8 Å². The molecule has 0 saturated carbocycles. The Morgan fingerprint density at radius 2 is 1.82 bits per heavy atom. The van der Waals surface area contributed by atoms with Crippen LogP contribution in [0.25, 0.3) is 5.69 Å². The number of nitrogens with one attached hydrogen (secondary N) is 1. The highest BCUT2D eigenvalue weighted by molar-refractivity contribution is 6.34. The van der Waals surface area contributed by atoms with Gasteiger partial charge in [-0.3, -0.25) is 14.2 Å². The van der Waals surface area contributed by atoms with Crippen LogP contribution in [0.2, 0.25) is 5.02 Å². The Hall–Kier alpha value is -3.19. The third kappa shape index (κ3) is 3.89. The zero-order valence-electron chi connectivity index (χ0n) is 15.4. The Morgan fingerprint density at radius 3 is 2.43 bits per heavy atom. The number of methoxy groups -OCH3 is 1. The average molecular weight is 399 g/mol. The van der Waals surface area contributed by atoms with E-state index in [2.05, 4.69) is 15.5 Å². The molecule has 0 aliphatic carbocycles. The minimum Gasteiger partial charge on any atom is -0.468 e. The van der Waals surface area contributed by atoms with E-state index in [-0.39, 0.29) is 17.5 Å². The lowest BCUT2D eigenvalue weighted by Crippen LogP contribution is -2.45. The molecule has 1 unspecified atom stereocenters. The van der Waals surface area contributed by atoms with Crippen molar-refractivity contribution in [1.29, 1.82) is 0 Å². The van der Waals surface area contributed by atoms with Gasteiger partial charge in [0.2, 0.25) is 0 Å². The Balaban J connectivity index is 1.79. The smallest absolute Gasteiger partial charge is 0.317 e. The monoisotopic (exact) mass is 398 g/mol. The molecule has 0 spiro atoms. The van der Waals surface area contributed by atoms with E-state index in [0.29, 0.717) is 5.56 Å². The fraction of sp³-hybridized carbons (Fsp3) is 0.200. The number of carbonyl (C=O) groups is 2. The van der Waals surface area contributed by atoms with Gasteiger partial charge in [-0.25, -0.2) is 0 Å². The first-order valence-electron chi connectivity index (χ1n) is 8.52. The molecule has 2 aromatic carbocycles. The van der Waals surface area contributed by atoms with E-state index < -0.39 is 11.4 Å². The van der Waals surface area contributed by atoms with Gasteiger partial charge < -0.3 is 10.1 Å². The van der Waals surface area contributed by atoms with E-state index in [1.54, 1.807) is 29.7 Å². The van der Waals surface area contributed by atoms with Crippen molar-refractivity contribution < 1.29 is 14.3 Å². The summed E-state index contributed by atoms with van der Waals surface area (Å²) in [4.78, 5) is 25.1. The van der Waals surface area contributed by atoms with E-state index in [1.807, 2.05) is 30.3 Å². The first-order chi connectivity index (χ1) is 13.5. The van der Waals surface area contributed by atoms with Crippen LogP contribution in [0, 0.1) is 0 Å². The Kier molecular flexibility index (Phi) is 5.75. The Labute approximate surface area is 167 Å². The molecule has 28 heavy (non-hydrogen) atoms. The molecule has 0 aliphatic heterocycles. The molecule has 0 aliphatic rings. The second-order valence-corrected chi connectivity index (χ2v) is 6.81. The minimum absolute atomic E-state index is 0.0615. The number of amides is 1. The zero-order chi connectivity index (χ0) is 20.1. The van der Waals surface area contributed by atoms with Crippen molar-refractivity contribution in [3.63, 3.8) is 0 Å². The fourth-order valence-corrected chi connectivity index (χ4v) is 3.12.